The summed E-state index contributed by atoms with van der Waals surface area (Å²) in [6, 6.07) is -0.541. The zero-order valence-corrected chi connectivity index (χ0v) is 59.3. The van der Waals surface area contributed by atoms with Crippen LogP contribution in [-0.4, -0.2) is 47.4 Å². The molecule has 0 spiro atoms. The molecule has 0 rings (SSSR count). The number of aliphatic hydroxyl groups is 2. The van der Waals surface area contributed by atoms with Crippen LogP contribution in [0.25, 0.3) is 0 Å². The molecule has 0 saturated carbocycles. The van der Waals surface area contributed by atoms with Gasteiger partial charge in [-0.15, -0.1) is 0 Å². The maximum absolute atomic E-state index is 12.6. The minimum Gasteiger partial charge on any atom is -0.466 e. The molecule has 2 unspecified atom stereocenters. The molecule has 0 aromatic rings. The number of allylic oxidation sites excluding steroid dienone is 4. The maximum Gasteiger partial charge on any atom is 0.305 e. The van der Waals surface area contributed by atoms with E-state index in [-0.39, 0.29) is 18.5 Å². The molecular weight excluding hydrogens is 1070 g/mol. The van der Waals surface area contributed by atoms with Crippen molar-refractivity contribution in [3.8, 4) is 0 Å². The van der Waals surface area contributed by atoms with Crippen LogP contribution in [0.5, 0.6) is 0 Å². The SMILES string of the molecule is CCCCCCCCCCCCCCCCCCCCCCCC(O)C(CO)NC(=O)CCCCCCCCCCCCCCCCCCC/C=C\C/C=C\CCCCCCCCCCCOC(=O)CCCCCCCCCCCCCCCCCC. The molecule has 0 aromatic carbocycles. The van der Waals surface area contributed by atoms with Crippen LogP contribution in [0.3, 0.4) is 0 Å². The molecule has 0 fully saturated rings. The van der Waals surface area contributed by atoms with Gasteiger partial charge in [0.25, 0.3) is 0 Å². The first-order valence-corrected chi connectivity index (χ1v) is 40.1. The second-order valence-corrected chi connectivity index (χ2v) is 27.8. The monoisotopic (exact) mass is 1220 g/mol. The van der Waals surface area contributed by atoms with E-state index in [2.05, 4.69) is 43.5 Å². The minimum atomic E-state index is -0.664. The third-order valence-electron chi connectivity index (χ3n) is 19.0. The molecule has 0 aromatic heterocycles. The molecule has 6 nitrogen and oxygen atoms in total. The number of aliphatic hydroxyl groups excluding tert-OH is 2. The Labute approximate surface area is 545 Å². The van der Waals surface area contributed by atoms with Gasteiger partial charge in [0, 0.05) is 12.8 Å². The van der Waals surface area contributed by atoms with Gasteiger partial charge >= 0.3 is 5.97 Å². The summed E-state index contributed by atoms with van der Waals surface area (Å²) in [6.07, 6.45) is 98.4. The lowest BCUT2D eigenvalue weighted by molar-refractivity contribution is -0.143. The Hall–Kier alpha value is -1.66. The molecule has 3 N–H and O–H groups in total. The average Bonchev–Trinajstić information content (AvgIpc) is 3.56. The normalized spacial score (nSPS) is 12.6. The fourth-order valence-corrected chi connectivity index (χ4v) is 12.9. The summed E-state index contributed by atoms with van der Waals surface area (Å²) in [7, 11) is 0. The van der Waals surface area contributed by atoms with Gasteiger partial charge in [-0.05, 0) is 57.8 Å². The van der Waals surface area contributed by atoms with Crippen molar-refractivity contribution in [1.29, 1.82) is 0 Å². The largest absolute Gasteiger partial charge is 0.466 e. The number of hydrogen-bond donors (Lipinski definition) is 3. The van der Waals surface area contributed by atoms with Crippen LogP contribution in [-0.2, 0) is 14.3 Å². The molecule has 0 aliphatic heterocycles. The van der Waals surface area contributed by atoms with Gasteiger partial charge in [0.15, 0.2) is 0 Å². The van der Waals surface area contributed by atoms with Crippen molar-refractivity contribution in [2.75, 3.05) is 13.2 Å². The third kappa shape index (κ3) is 73.3. The molecule has 87 heavy (non-hydrogen) atoms. The number of ether oxygens (including phenoxy) is 1. The Morgan fingerprint density at radius 3 is 0.874 bits per heavy atom. The Balaban J connectivity index is 3.37. The summed E-state index contributed by atoms with van der Waals surface area (Å²) in [5.41, 5.74) is 0. The van der Waals surface area contributed by atoms with Gasteiger partial charge in [0.05, 0.1) is 25.4 Å². The molecule has 0 heterocycles. The summed E-state index contributed by atoms with van der Waals surface area (Å²) in [4.78, 5) is 24.7. The summed E-state index contributed by atoms with van der Waals surface area (Å²) >= 11 is 0. The zero-order chi connectivity index (χ0) is 62.8. The lowest BCUT2D eigenvalue weighted by Crippen LogP contribution is -2.45. The first-order chi connectivity index (χ1) is 43.0. The highest BCUT2D eigenvalue weighted by atomic mass is 16.5. The number of carbonyl (C=O) groups is 2. The van der Waals surface area contributed by atoms with Gasteiger partial charge in [-0.3, -0.25) is 9.59 Å². The van der Waals surface area contributed by atoms with Crippen LogP contribution < -0.4 is 5.32 Å². The Bertz CT molecular complexity index is 1360. The van der Waals surface area contributed by atoms with Crippen molar-refractivity contribution in [2.45, 2.75) is 469 Å². The van der Waals surface area contributed by atoms with Crippen molar-refractivity contribution < 1.29 is 24.5 Å². The minimum absolute atomic E-state index is 0.0187. The quantitative estimate of drug-likeness (QED) is 0.0320. The van der Waals surface area contributed by atoms with Crippen LogP contribution >= 0.6 is 0 Å². The first-order valence-electron chi connectivity index (χ1n) is 40.1. The van der Waals surface area contributed by atoms with Gasteiger partial charge in [-0.2, -0.15) is 0 Å². The lowest BCUT2D eigenvalue weighted by Gasteiger charge is -2.22. The number of amides is 1. The number of esters is 1. The van der Waals surface area contributed by atoms with Crippen LogP contribution in [0, 0.1) is 0 Å². The molecule has 0 aliphatic carbocycles. The Morgan fingerprint density at radius 1 is 0.322 bits per heavy atom. The standard InChI is InChI=1S/C81H157NO5/c1-3-5-7-9-11-13-15-17-19-21-22-36-39-42-45-49-53-57-61-65-69-73-79(84)78(77-83)82-80(85)74-70-66-62-58-54-50-46-43-40-37-34-32-30-28-26-24-23-25-27-29-31-33-35-38-41-44-48-52-56-60-64-68-72-76-87-81(86)75-71-67-63-59-55-51-47-20-18-16-14-12-10-8-6-4-2/h27,29,33,35,78-79,83-84H,3-26,28,30-32,34,36-77H2,1-2H3,(H,82,85)/b29-27-,35-33-. The van der Waals surface area contributed by atoms with Crippen molar-refractivity contribution in [2.24, 2.45) is 0 Å². The highest BCUT2D eigenvalue weighted by Gasteiger charge is 2.20. The van der Waals surface area contributed by atoms with E-state index in [1.165, 1.54) is 379 Å². The van der Waals surface area contributed by atoms with Crippen molar-refractivity contribution >= 4 is 11.9 Å². The molecule has 516 valence electrons. The number of rotatable bonds is 76. The fourth-order valence-electron chi connectivity index (χ4n) is 12.9. The molecule has 6 heteroatoms. The van der Waals surface area contributed by atoms with Gasteiger partial charge in [-0.1, -0.05) is 411 Å². The number of hydrogen-bond acceptors (Lipinski definition) is 5. The van der Waals surface area contributed by atoms with Crippen molar-refractivity contribution in [3.05, 3.63) is 24.3 Å². The molecule has 0 radical (unpaired) electrons. The zero-order valence-electron chi connectivity index (χ0n) is 59.3. The number of unbranched alkanes of at least 4 members (excludes halogenated alkanes) is 61. The van der Waals surface area contributed by atoms with E-state index < -0.39 is 12.1 Å². The van der Waals surface area contributed by atoms with Gasteiger partial charge in [0.1, 0.15) is 0 Å². The fraction of sp³-hybridized carbons (Fsp3) is 0.926. The smallest absolute Gasteiger partial charge is 0.305 e. The number of carbonyl (C=O) groups excluding carboxylic acids is 2. The molecule has 0 saturated heterocycles. The van der Waals surface area contributed by atoms with Crippen molar-refractivity contribution in [3.63, 3.8) is 0 Å². The lowest BCUT2D eigenvalue weighted by atomic mass is 10.0. The molecule has 0 bridgehead atoms. The average molecular weight is 1230 g/mol. The molecular formula is C81H157NO5. The predicted octanol–water partition coefficient (Wildman–Crippen LogP) is 26.4. The Morgan fingerprint density at radius 2 is 0.575 bits per heavy atom. The van der Waals surface area contributed by atoms with E-state index in [1.54, 1.807) is 0 Å². The summed E-state index contributed by atoms with van der Waals surface area (Å²) < 4.78 is 5.50. The van der Waals surface area contributed by atoms with E-state index in [0.717, 1.165) is 44.9 Å². The second kappa shape index (κ2) is 76.8. The van der Waals surface area contributed by atoms with E-state index in [9.17, 15) is 19.8 Å². The Kier molecular flexibility index (Phi) is 75.3. The van der Waals surface area contributed by atoms with E-state index in [4.69, 9.17) is 4.74 Å². The van der Waals surface area contributed by atoms with Crippen LogP contribution in [0.4, 0.5) is 0 Å². The van der Waals surface area contributed by atoms with Gasteiger partial charge in [0.2, 0.25) is 5.91 Å². The highest BCUT2D eigenvalue weighted by Crippen LogP contribution is 2.20. The van der Waals surface area contributed by atoms with Crippen LogP contribution in [0.15, 0.2) is 24.3 Å². The summed E-state index contributed by atoms with van der Waals surface area (Å²) in [5.74, 6) is -0.00904. The first kappa shape index (κ1) is 85.3. The predicted molar refractivity (Wildman–Crippen MR) is 384 cm³/mol. The van der Waals surface area contributed by atoms with E-state index in [1.807, 2.05) is 0 Å². The van der Waals surface area contributed by atoms with Gasteiger partial charge < -0.3 is 20.3 Å². The number of nitrogens with one attached hydrogen (secondary N) is 1. The van der Waals surface area contributed by atoms with Gasteiger partial charge in [-0.25, -0.2) is 0 Å². The second-order valence-electron chi connectivity index (χ2n) is 27.8. The molecule has 0 aliphatic rings. The topological polar surface area (TPSA) is 95.9 Å². The van der Waals surface area contributed by atoms with Crippen molar-refractivity contribution in [1.82, 2.24) is 5.32 Å². The third-order valence-corrected chi connectivity index (χ3v) is 19.0. The van der Waals surface area contributed by atoms with E-state index in [0.29, 0.717) is 25.9 Å². The highest BCUT2D eigenvalue weighted by molar-refractivity contribution is 5.76. The molecule has 1 amide bonds. The van der Waals surface area contributed by atoms with Crippen LogP contribution in [0.1, 0.15) is 457 Å². The summed E-state index contributed by atoms with van der Waals surface area (Å²) in [6.45, 7) is 5.01. The molecule has 2 atom stereocenters. The summed E-state index contributed by atoms with van der Waals surface area (Å²) in [5, 5.41) is 23.5. The maximum atomic E-state index is 12.6. The van der Waals surface area contributed by atoms with E-state index >= 15 is 0 Å². The van der Waals surface area contributed by atoms with Crippen LogP contribution in [0.2, 0.25) is 0 Å².